The van der Waals surface area contributed by atoms with Gasteiger partial charge in [-0.15, -0.1) is 0 Å². The summed E-state index contributed by atoms with van der Waals surface area (Å²) in [5.74, 6) is -0.391. The Morgan fingerprint density at radius 1 is 1.62 bits per heavy atom. The quantitative estimate of drug-likeness (QED) is 0.601. The van der Waals surface area contributed by atoms with E-state index in [2.05, 4.69) is 21.2 Å². The fraction of sp³-hybridized carbons (Fsp3) is 0.111. The van der Waals surface area contributed by atoms with Crippen LogP contribution < -0.4 is 5.32 Å². The molecule has 66 valence electrons. The van der Waals surface area contributed by atoms with Crippen LogP contribution in [-0.2, 0) is 0 Å². The van der Waals surface area contributed by atoms with Gasteiger partial charge in [-0.05, 0) is 34.5 Å². The van der Waals surface area contributed by atoms with E-state index in [1.807, 2.05) is 13.0 Å². The highest BCUT2D eigenvalue weighted by atomic mass is 79.9. The number of nitrogens with one attached hydrogen (secondary N) is 1. The molecule has 1 aromatic carbocycles. The van der Waals surface area contributed by atoms with Crippen molar-refractivity contribution in [1.29, 1.82) is 5.26 Å². The third-order valence-electron chi connectivity index (χ3n) is 1.61. The first-order valence-corrected chi connectivity index (χ1v) is 4.40. The molecule has 1 N–H and O–H groups in total. The molecular formula is C9H7BrN2O. The van der Waals surface area contributed by atoms with Gasteiger partial charge >= 0.3 is 0 Å². The van der Waals surface area contributed by atoms with Crippen molar-refractivity contribution in [3.05, 3.63) is 33.8 Å². The Balaban J connectivity index is 3.09. The molecule has 0 unspecified atom stereocenters. The number of benzene rings is 1. The maximum absolute atomic E-state index is 11.3. The monoisotopic (exact) mass is 238 g/mol. The van der Waals surface area contributed by atoms with Crippen molar-refractivity contribution in [3.63, 3.8) is 0 Å². The second-order valence-corrected chi connectivity index (χ2v) is 3.30. The number of nitrogens with zero attached hydrogens (tertiary/aromatic N) is 1. The van der Waals surface area contributed by atoms with Crippen molar-refractivity contribution < 1.29 is 4.79 Å². The molecule has 0 bridgehead atoms. The van der Waals surface area contributed by atoms with Gasteiger partial charge in [0.2, 0.25) is 0 Å². The van der Waals surface area contributed by atoms with Gasteiger partial charge in [-0.2, -0.15) is 5.26 Å². The number of rotatable bonds is 1. The van der Waals surface area contributed by atoms with Gasteiger partial charge in [0.1, 0.15) is 0 Å². The SMILES string of the molecule is Cc1cccc(C(=O)NC#N)c1Br. The van der Waals surface area contributed by atoms with E-state index in [4.69, 9.17) is 5.26 Å². The van der Waals surface area contributed by atoms with Gasteiger partial charge < -0.3 is 0 Å². The number of nitriles is 1. The number of hydrogen-bond donors (Lipinski definition) is 1. The van der Waals surface area contributed by atoms with Crippen molar-refractivity contribution in [3.8, 4) is 6.19 Å². The summed E-state index contributed by atoms with van der Waals surface area (Å²) in [5, 5.41) is 10.3. The lowest BCUT2D eigenvalue weighted by Gasteiger charge is -2.03. The molecule has 0 aromatic heterocycles. The summed E-state index contributed by atoms with van der Waals surface area (Å²) < 4.78 is 0.725. The van der Waals surface area contributed by atoms with E-state index < -0.39 is 5.91 Å². The zero-order valence-electron chi connectivity index (χ0n) is 6.97. The van der Waals surface area contributed by atoms with Gasteiger partial charge in [-0.3, -0.25) is 10.1 Å². The lowest BCUT2D eigenvalue weighted by Crippen LogP contribution is -2.17. The van der Waals surface area contributed by atoms with Crippen molar-refractivity contribution in [2.24, 2.45) is 0 Å². The molecule has 3 nitrogen and oxygen atoms in total. The average molecular weight is 239 g/mol. The molecule has 13 heavy (non-hydrogen) atoms. The summed E-state index contributed by atoms with van der Waals surface area (Å²) in [5.41, 5.74) is 1.44. The Hall–Kier alpha value is -1.34. The number of aryl methyl sites for hydroxylation is 1. The number of amides is 1. The van der Waals surface area contributed by atoms with Crippen molar-refractivity contribution in [1.82, 2.24) is 5.32 Å². The van der Waals surface area contributed by atoms with Crippen LogP contribution in [0.15, 0.2) is 22.7 Å². The first kappa shape index (κ1) is 9.75. The van der Waals surface area contributed by atoms with Crippen LogP contribution in [0.4, 0.5) is 0 Å². The average Bonchev–Trinajstić information content (AvgIpc) is 2.10. The van der Waals surface area contributed by atoms with E-state index in [1.165, 1.54) is 0 Å². The molecule has 4 heteroatoms. The molecule has 0 atom stereocenters. The molecule has 0 aliphatic rings. The molecule has 0 saturated carbocycles. The minimum absolute atomic E-state index is 0.391. The van der Waals surface area contributed by atoms with Crippen LogP contribution in [0.5, 0.6) is 0 Å². The Kier molecular flexibility index (Phi) is 3.04. The highest BCUT2D eigenvalue weighted by molar-refractivity contribution is 9.10. The van der Waals surface area contributed by atoms with Crippen LogP contribution >= 0.6 is 15.9 Å². The van der Waals surface area contributed by atoms with Gasteiger partial charge in [0.05, 0.1) is 5.56 Å². The van der Waals surface area contributed by atoms with E-state index in [0.29, 0.717) is 5.56 Å². The lowest BCUT2D eigenvalue weighted by molar-refractivity contribution is 0.0972. The summed E-state index contributed by atoms with van der Waals surface area (Å²) in [7, 11) is 0. The van der Waals surface area contributed by atoms with Gasteiger partial charge in [-0.1, -0.05) is 12.1 Å². The first-order valence-electron chi connectivity index (χ1n) is 3.61. The molecular weight excluding hydrogens is 232 g/mol. The number of hydrogen-bond acceptors (Lipinski definition) is 2. The fourth-order valence-corrected chi connectivity index (χ4v) is 1.39. The Bertz CT molecular complexity index is 382. The summed E-state index contributed by atoms with van der Waals surface area (Å²) >= 11 is 3.28. The molecule has 1 amide bonds. The summed E-state index contributed by atoms with van der Waals surface area (Å²) in [6.07, 6.45) is 1.59. The third kappa shape index (κ3) is 2.07. The fourth-order valence-electron chi connectivity index (χ4n) is 0.941. The van der Waals surface area contributed by atoms with Gasteiger partial charge in [0.15, 0.2) is 6.19 Å². The van der Waals surface area contributed by atoms with Gasteiger partial charge in [0.25, 0.3) is 5.91 Å². The smallest absolute Gasteiger partial charge is 0.265 e. The molecule has 0 heterocycles. The highest BCUT2D eigenvalue weighted by Crippen LogP contribution is 2.20. The second kappa shape index (κ2) is 4.06. The summed E-state index contributed by atoms with van der Waals surface area (Å²) in [6, 6.07) is 5.31. The van der Waals surface area contributed by atoms with E-state index >= 15 is 0 Å². The predicted molar refractivity (Wildman–Crippen MR) is 52.0 cm³/mol. The first-order chi connectivity index (χ1) is 6.16. The third-order valence-corrected chi connectivity index (χ3v) is 2.66. The van der Waals surface area contributed by atoms with Crippen molar-refractivity contribution in [2.75, 3.05) is 0 Å². The topological polar surface area (TPSA) is 52.9 Å². The normalized spacial score (nSPS) is 9.00. The summed E-state index contributed by atoms with van der Waals surface area (Å²) in [4.78, 5) is 11.3. The zero-order chi connectivity index (χ0) is 9.84. The van der Waals surface area contributed by atoms with Crippen LogP contribution in [-0.4, -0.2) is 5.91 Å². The maximum atomic E-state index is 11.3. The Morgan fingerprint density at radius 2 is 2.31 bits per heavy atom. The van der Waals surface area contributed by atoms with Crippen LogP contribution in [0.25, 0.3) is 0 Å². The Labute approximate surface area is 84.5 Å². The standard InChI is InChI=1S/C9H7BrN2O/c1-6-3-2-4-7(8(6)10)9(13)12-5-11/h2-4H,1H3,(H,12,13). The van der Waals surface area contributed by atoms with E-state index in [0.717, 1.165) is 10.0 Å². The van der Waals surface area contributed by atoms with E-state index in [-0.39, 0.29) is 0 Å². The number of carbonyl (C=O) groups is 1. The second-order valence-electron chi connectivity index (χ2n) is 2.50. The van der Waals surface area contributed by atoms with Crippen LogP contribution in [0, 0.1) is 18.4 Å². The minimum atomic E-state index is -0.391. The molecule has 1 rings (SSSR count). The molecule has 0 spiro atoms. The maximum Gasteiger partial charge on any atom is 0.265 e. The number of carbonyl (C=O) groups excluding carboxylic acids is 1. The summed E-state index contributed by atoms with van der Waals surface area (Å²) in [6.45, 7) is 1.88. The molecule has 0 aliphatic heterocycles. The number of halogens is 1. The molecule has 0 radical (unpaired) electrons. The lowest BCUT2D eigenvalue weighted by atomic mass is 10.1. The highest BCUT2D eigenvalue weighted by Gasteiger charge is 2.09. The van der Waals surface area contributed by atoms with Crippen LogP contribution in [0.3, 0.4) is 0 Å². The van der Waals surface area contributed by atoms with E-state index in [9.17, 15) is 4.79 Å². The van der Waals surface area contributed by atoms with Crippen molar-refractivity contribution >= 4 is 21.8 Å². The zero-order valence-corrected chi connectivity index (χ0v) is 8.55. The minimum Gasteiger partial charge on any atom is -0.268 e. The van der Waals surface area contributed by atoms with Gasteiger partial charge in [-0.25, -0.2) is 0 Å². The van der Waals surface area contributed by atoms with Crippen molar-refractivity contribution in [2.45, 2.75) is 6.92 Å². The van der Waals surface area contributed by atoms with E-state index in [1.54, 1.807) is 18.3 Å². The van der Waals surface area contributed by atoms with Crippen LogP contribution in [0.1, 0.15) is 15.9 Å². The molecule has 0 saturated heterocycles. The van der Waals surface area contributed by atoms with Crippen LogP contribution in [0.2, 0.25) is 0 Å². The molecule has 1 aromatic rings. The van der Waals surface area contributed by atoms with Gasteiger partial charge in [0, 0.05) is 4.47 Å². The predicted octanol–water partition coefficient (Wildman–Crippen LogP) is 1.97. The molecule has 0 fully saturated rings. The molecule has 0 aliphatic carbocycles. The largest absolute Gasteiger partial charge is 0.268 e. The Morgan fingerprint density at radius 3 is 2.92 bits per heavy atom.